The molecule has 0 radical (unpaired) electrons. The van der Waals surface area contributed by atoms with Gasteiger partial charge in [-0.05, 0) is 43.7 Å². The van der Waals surface area contributed by atoms with E-state index in [0.717, 1.165) is 33.7 Å². The number of aliphatic hydroxyl groups excluding tert-OH is 1. The highest BCUT2D eigenvalue weighted by atomic mass is 32.1. The number of nitrogens with one attached hydrogen (secondary N) is 1. The Bertz CT molecular complexity index is 1100. The number of thiophene rings is 1. The number of hydrogen-bond donors (Lipinski definition) is 2. The molecule has 2 N–H and O–H groups in total. The fourth-order valence-corrected chi connectivity index (χ4v) is 5.24. The zero-order chi connectivity index (χ0) is 21.3. The van der Waals surface area contributed by atoms with Crippen molar-refractivity contribution in [1.82, 2.24) is 14.9 Å². The molecule has 4 rings (SSSR count). The van der Waals surface area contributed by atoms with Crippen LogP contribution in [0.5, 0.6) is 0 Å². The van der Waals surface area contributed by atoms with Gasteiger partial charge in [-0.25, -0.2) is 4.98 Å². The van der Waals surface area contributed by atoms with E-state index in [1.54, 1.807) is 0 Å². The van der Waals surface area contributed by atoms with Gasteiger partial charge >= 0.3 is 0 Å². The first-order chi connectivity index (χ1) is 14.4. The highest BCUT2D eigenvalue weighted by molar-refractivity contribution is 7.18. The first-order valence-electron chi connectivity index (χ1n) is 10.4. The van der Waals surface area contributed by atoms with Crippen molar-refractivity contribution < 1.29 is 9.90 Å². The lowest BCUT2D eigenvalue weighted by atomic mass is 9.87. The van der Waals surface area contributed by atoms with Crippen LogP contribution < -0.4 is 5.56 Å². The number of piperidine rings is 1. The summed E-state index contributed by atoms with van der Waals surface area (Å²) in [5.41, 5.74) is 1.79. The zero-order valence-electron chi connectivity index (χ0n) is 17.4. The van der Waals surface area contributed by atoms with Gasteiger partial charge in [0.15, 0.2) is 0 Å². The molecule has 1 aliphatic rings. The molecule has 7 heteroatoms. The van der Waals surface area contributed by atoms with E-state index in [-0.39, 0.29) is 17.4 Å². The third-order valence-electron chi connectivity index (χ3n) is 6.14. The summed E-state index contributed by atoms with van der Waals surface area (Å²) in [6.07, 6.45) is 1.84. The molecule has 30 heavy (non-hydrogen) atoms. The van der Waals surface area contributed by atoms with Gasteiger partial charge in [0.25, 0.3) is 5.56 Å². The number of carbonyl (C=O) groups excluding carboxylic acids is 1. The minimum Gasteiger partial charge on any atom is -0.388 e. The van der Waals surface area contributed by atoms with Gasteiger partial charge in [-0.1, -0.05) is 30.3 Å². The molecule has 0 aliphatic carbocycles. The van der Waals surface area contributed by atoms with Gasteiger partial charge in [-0.2, -0.15) is 0 Å². The minimum absolute atomic E-state index is 0.0731. The monoisotopic (exact) mass is 425 g/mol. The number of H-pyrrole nitrogens is 1. The number of rotatable bonds is 5. The summed E-state index contributed by atoms with van der Waals surface area (Å²) in [7, 11) is 0. The van der Waals surface area contributed by atoms with Gasteiger partial charge in [-0.3, -0.25) is 9.59 Å². The van der Waals surface area contributed by atoms with Gasteiger partial charge in [-0.15, -0.1) is 11.3 Å². The van der Waals surface area contributed by atoms with Crippen LogP contribution in [0.1, 0.15) is 47.2 Å². The van der Waals surface area contributed by atoms with Crippen molar-refractivity contribution >= 4 is 27.5 Å². The second-order valence-electron chi connectivity index (χ2n) is 8.05. The number of benzene rings is 1. The number of amides is 1. The van der Waals surface area contributed by atoms with Crippen LogP contribution in [0.4, 0.5) is 0 Å². The molecular weight excluding hydrogens is 398 g/mol. The summed E-state index contributed by atoms with van der Waals surface area (Å²) in [5.74, 6) is 0.808. The Labute approximate surface area is 179 Å². The lowest BCUT2D eigenvalue weighted by molar-refractivity contribution is -0.133. The van der Waals surface area contributed by atoms with E-state index in [2.05, 4.69) is 9.97 Å². The fraction of sp³-hybridized carbons (Fsp3) is 0.435. The molecule has 6 nitrogen and oxygen atoms in total. The van der Waals surface area contributed by atoms with Crippen molar-refractivity contribution in [1.29, 1.82) is 0 Å². The van der Waals surface area contributed by atoms with Crippen LogP contribution in [0, 0.1) is 19.8 Å². The smallest absolute Gasteiger partial charge is 0.259 e. The van der Waals surface area contributed by atoms with E-state index < -0.39 is 6.10 Å². The van der Waals surface area contributed by atoms with Gasteiger partial charge in [0.1, 0.15) is 10.7 Å². The Morgan fingerprint density at radius 1 is 1.27 bits per heavy atom. The van der Waals surface area contributed by atoms with E-state index in [9.17, 15) is 14.7 Å². The van der Waals surface area contributed by atoms with E-state index in [4.69, 9.17) is 0 Å². The Hall–Kier alpha value is -2.51. The van der Waals surface area contributed by atoms with Crippen LogP contribution in [0.3, 0.4) is 0 Å². The highest BCUT2D eigenvalue weighted by Crippen LogP contribution is 2.31. The highest BCUT2D eigenvalue weighted by Gasteiger charge is 2.28. The molecule has 0 saturated carbocycles. The normalized spacial score (nSPS) is 16.2. The molecule has 3 heterocycles. The Morgan fingerprint density at radius 3 is 2.67 bits per heavy atom. The third kappa shape index (κ3) is 4.18. The molecule has 1 unspecified atom stereocenters. The number of nitrogens with zero attached hydrogens (tertiary/aromatic N) is 2. The average Bonchev–Trinajstić information content (AvgIpc) is 3.06. The van der Waals surface area contributed by atoms with Crippen LogP contribution in [-0.2, 0) is 11.2 Å². The molecule has 1 saturated heterocycles. The summed E-state index contributed by atoms with van der Waals surface area (Å²) in [4.78, 5) is 36.2. The number of carbonyl (C=O) groups is 1. The Morgan fingerprint density at radius 2 is 1.97 bits per heavy atom. The molecule has 1 atom stereocenters. The average molecular weight is 426 g/mol. The molecule has 1 amide bonds. The number of aryl methyl sites for hydroxylation is 3. The van der Waals surface area contributed by atoms with Crippen LogP contribution >= 0.6 is 11.3 Å². The lowest BCUT2D eigenvalue weighted by Gasteiger charge is -2.34. The summed E-state index contributed by atoms with van der Waals surface area (Å²) in [5, 5.41) is 11.3. The number of aromatic nitrogens is 2. The van der Waals surface area contributed by atoms with E-state index in [0.29, 0.717) is 37.1 Å². The number of aliphatic hydroxyl groups is 1. The molecule has 2 aromatic heterocycles. The Balaban J connectivity index is 1.33. The first-order valence-corrected chi connectivity index (χ1v) is 11.3. The molecule has 3 aromatic rings. The SMILES string of the molecule is Cc1sc2nc(CCC(=O)N3CCC(C(O)c4ccccc4)CC3)[nH]c(=O)c2c1C. The van der Waals surface area contributed by atoms with Gasteiger partial charge < -0.3 is 15.0 Å². The summed E-state index contributed by atoms with van der Waals surface area (Å²) >= 11 is 1.52. The minimum atomic E-state index is -0.484. The van der Waals surface area contributed by atoms with Crippen LogP contribution in [0.2, 0.25) is 0 Å². The zero-order valence-corrected chi connectivity index (χ0v) is 18.2. The number of hydrogen-bond acceptors (Lipinski definition) is 5. The molecule has 0 bridgehead atoms. The maximum Gasteiger partial charge on any atom is 0.259 e. The van der Waals surface area contributed by atoms with Crippen LogP contribution in [0.15, 0.2) is 35.1 Å². The lowest BCUT2D eigenvalue weighted by Crippen LogP contribution is -2.40. The van der Waals surface area contributed by atoms with Crippen molar-refractivity contribution in [3.05, 3.63) is 62.5 Å². The third-order valence-corrected chi connectivity index (χ3v) is 7.24. The second kappa shape index (κ2) is 8.70. The summed E-state index contributed by atoms with van der Waals surface area (Å²) < 4.78 is 0. The van der Waals surface area contributed by atoms with Gasteiger partial charge in [0, 0.05) is 30.8 Å². The molecular formula is C23H27N3O3S. The van der Waals surface area contributed by atoms with E-state index in [1.165, 1.54) is 11.3 Å². The quantitative estimate of drug-likeness (QED) is 0.655. The standard InChI is InChI=1S/C23H27N3O3S/c1-14-15(2)30-23-20(14)22(29)24-18(25-23)8-9-19(27)26-12-10-17(11-13-26)21(28)16-6-4-3-5-7-16/h3-7,17,21,28H,8-13H2,1-2H3,(H,24,25,29). The van der Waals surface area contributed by atoms with E-state index >= 15 is 0 Å². The largest absolute Gasteiger partial charge is 0.388 e. The summed E-state index contributed by atoms with van der Waals surface area (Å²) in [6, 6.07) is 9.71. The second-order valence-corrected chi connectivity index (χ2v) is 9.25. The summed E-state index contributed by atoms with van der Waals surface area (Å²) in [6.45, 7) is 5.23. The van der Waals surface area contributed by atoms with Gasteiger partial charge in [0.05, 0.1) is 11.5 Å². The molecule has 0 spiro atoms. The van der Waals surface area contributed by atoms with Crippen molar-refractivity contribution in [2.24, 2.45) is 5.92 Å². The molecule has 158 valence electrons. The predicted octanol–water partition coefficient (Wildman–Crippen LogP) is 3.51. The number of likely N-dealkylation sites (tertiary alicyclic amines) is 1. The molecule has 1 fully saturated rings. The maximum atomic E-state index is 12.7. The number of aromatic amines is 1. The van der Waals surface area contributed by atoms with Crippen LogP contribution in [0.25, 0.3) is 10.2 Å². The van der Waals surface area contributed by atoms with Gasteiger partial charge in [0.2, 0.25) is 5.91 Å². The van der Waals surface area contributed by atoms with Crippen molar-refractivity contribution in [2.75, 3.05) is 13.1 Å². The molecule has 1 aliphatic heterocycles. The van der Waals surface area contributed by atoms with Crippen molar-refractivity contribution in [3.63, 3.8) is 0 Å². The van der Waals surface area contributed by atoms with Crippen LogP contribution in [-0.4, -0.2) is 39.0 Å². The molecule has 1 aromatic carbocycles. The van der Waals surface area contributed by atoms with Crippen molar-refractivity contribution in [2.45, 2.75) is 45.6 Å². The van der Waals surface area contributed by atoms with Crippen molar-refractivity contribution in [3.8, 4) is 0 Å². The maximum absolute atomic E-state index is 12.7. The number of fused-ring (bicyclic) bond motifs is 1. The Kier molecular flexibility index (Phi) is 6.01. The topological polar surface area (TPSA) is 86.3 Å². The van der Waals surface area contributed by atoms with E-state index in [1.807, 2.05) is 49.1 Å². The fourth-order valence-electron chi connectivity index (χ4n) is 4.19. The predicted molar refractivity (Wildman–Crippen MR) is 119 cm³/mol. The first kappa shape index (κ1) is 20.8.